The van der Waals surface area contributed by atoms with E-state index in [4.69, 9.17) is 4.42 Å². The number of nitrogens with one attached hydrogen (secondary N) is 2. The number of furan rings is 1. The molecule has 0 aliphatic rings. The van der Waals surface area contributed by atoms with Crippen molar-refractivity contribution in [3.63, 3.8) is 0 Å². The van der Waals surface area contributed by atoms with Crippen molar-refractivity contribution in [3.05, 3.63) is 90.1 Å². The topological polar surface area (TPSA) is 89.2 Å². The second-order valence-corrected chi connectivity index (χ2v) is 8.07. The van der Waals surface area contributed by atoms with Crippen molar-refractivity contribution in [2.45, 2.75) is 33.0 Å². The Morgan fingerprint density at radius 3 is 2.47 bits per heavy atom. The molecule has 7 heteroatoms. The number of benzene rings is 2. The highest BCUT2D eigenvalue weighted by Gasteiger charge is 2.25. The van der Waals surface area contributed by atoms with Crippen LogP contribution in [0.25, 0.3) is 11.0 Å². The number of amides is 2. The molecule has 2 aromatic carbocycles. The number of hydrogen-bond acceptors (Lipinski definition) is 4. The molecular weight excluding hydrogens is 404 g/mol. The lowest BCUT2D eigenvalue weighted by molar-refractivity contribution is -0.124. The van der Waals surface area contributed by atoms with Gasteiger partial charge in [-0.25, -0.2) is 4.98 Å². The number of carbonyl (C=O) groups excluding carboxylic acids is 2. The molecule has 0 spiro atoms. The van der Waals surface area contributed by atoms with Crippen molar-refractivity contribution in [2.75, 3.05) is 0 Å². The standard InChI is InChI=1S/C25H26N4O3/c1-17(2)23(28-24(30)22-8-5-13-32-22)25(31)26-14-18-9-11-19(12-10-18)15-29-16-27-20-6-3-4-7-21(20)29/h3-13,16-17,23H,14-15H2,1-2H3,(H,26,31)(H,28,30). The maximum atomic E-state index is 12.7. The van der Waals surface area contributed by atoms with Gasteiger partial charge in [0, 0.05) is 13.1 Å². The molecule has 0 bridgehead atoms. The van der Waals surface area contributed by atoms with Gasteiger partial charge >= 0.3 is 0 Å². The molecule has 1 unspecified atom stereocenters. The largest absolute Gasteiger partial charge is 0.459 e. The van der Waals surface area contributed by atoms with E-state index < -0.39 is 11.9 Å². The van der Waals surface area contributed by atoms with Crippen molar-refractivity contribution in [3.8, 4) is 0 Å². The molecule has 32 heavy (non-hydrogen) atoms. The number of hydrogen-bond donors (Lipinski definition) is 2. The molecule has 2 aromatic heterocycles. The zero-order valence-electron chi connectivity index (χ0n) is 18.1. The Hall–Kier alpha value is -3.87. The number of imidazole rings is 1. The Labute approximate surface area is 186 Å². The second-order valence-electron chi connectivity index (χ2n) is 8.07. The van der Waals surface area contributed by atoms with Crippen molar-refractivity contribution in [1.82, 2.24) is 20.2 Å². The number of rotatable bonds is 8. The van der Waals surface area contributed by atoms with Crippen molar-refractivity contribution in [1.29, 1.82) is 0 Å². The monoisotopic (exact) mass is 430 g/mol. The van der Waals surface area contributed by atoms with Gasteiger partial charge in [-0.1, -0.05) is 50.2 Å². The van der Waals surface area contributed by atoms with Gasteiger partial charge in [0.2, 0.25) is 5.91 Å². The molecule has 164 valence electrons. The van der Waals surface area contributed by atoms with Gasteiger partial charge in [-0.15, -0.1) is 0 Å². The lowest BCUT2D eigenvalue weighted by Gasteiger charge is -2.21. The highest BCUT2D eigenvalue weighted by atomic mass is 16.3. The average molecular weight is 431 g/mol. The Morgan fingerprint density at radius 1 is 1.00 bits per heavy atom. The molecule has 0 saturated heterocycles. The molecule has 0 aliphatic carbocycles. The fourth-order valence-electron chi connectivity index (χ4n) is 3.55. The van der Waals surface area contributed by atoms with Gasteiger partial charge in [0.05, 0.1) is 23.6 Å². The van der Waals surface area contributed by atoms with Crippen molar-refractivity contribution in [2.24, 2.45) is 5.92 Å². The molecule has 2 heterocycles. The zero-order chi connectivity index (χ0) is 22.5. The fraction of sp³-hybridized carbons (Fsp3) is 0.240. The van der Waals surface area contributed by atoms with Gasteiger partial charge in [0.15, 0.2) is 5.76 Å². The minimum Gasteiger partial charge on any atom is -0.459 e. The normalized spacial score (nSPS) is 12.1. The van der Waals surface area contributed by atoms with Crippen LogP contribution in [-0.2, 0) is 17.9 Å². The molecular formula is C25H26N4O3. The summed E-state index contributed by atoms with van der Waals surface area (Å²) in [6.45, 7) is 4.89. The van der Waals surface area contributed by atoms with Crippen LogP contribution in [0, 0.1) is 5.92 Å². The maximum Gasteiger partial charge on any atom is 0.287 e. The minimum absolute atomic E-state index is 0.0682. The van der Waals surface area contributed by atoms with Gasteiger partial charge < -0.3 is 19.6 Å². The van der Waals surface area contributed by atoms with Gasteiger partial charge in [-0.2, -0.15) is 0 Å². The molecule has 7 nitrogen and oxygen atoms in total. The van der Waals surface area contributed by atoms with Crippen LogP contribution in [0.15, 0.2) is 77.7 Å². The summed E-state index contributed by atoms with van der Waals surface area (Å²) >= 11 is 0. The van der Waals surface area contributed by atoms with E-state index in [1.807, 2.05) is 50.5 Å². The first-order valence-electron chi connectivity index (χ1n) is 10.6. The maximum absolute atomic E-state index is 12.7. The van der Waals surface area contributed by atoms with Crippen LogP contribution in [0.5, 0.6) is 0 Å². The van der Waals surface area contributed by atoms with E-state index in [9.17, 15) is 9.59 Å². The van der Waals surface area contributed by atoms with E-state index >= 15 is 0 Å². The third kappa shape index (κ3) is 4.88. The molecule has 0 saturated carbocycles. The molecule has 0 aliphatic heterocycles. The summed E-state index contributed by atoms with van der Waals surface area (Å²) < 4.78 is 7.22. The summed E-state index contributed by atoms with van der Waals surface area (Å²) in [6, 6.07) is 18.7. The minimum atomic E-state index is -0.651. The molecule has 2 N–H and O–H groups in total. The molecule has 2 amide bonds. The van der Waals surface area contributed by atoms with E-state index in [0.717, 1.165) is 28.7 Å². The van der Waals surface area contributed by atoms with Gasteiger partial charge in [0.1, 0.15) is 6.04 Å². The number of carbonyl (C=O) groups is 2. The Bertz CT molecular complexity index is 1190. The number of para-hydroxylation sites is 2. The molecule has 0 radical (unpaired) electrons. The fourth-order valence-corrected chi connectivity index (χ4v) is 3.55. The smallest absolute Gasteiger partial charge is 0.287 e. The molecule has 4 rings (SSSR count). The number of nitrogens with zero attached hydrogens (tertiary/aromatic N) is 2. The van der Waals surface area contributed by atoms with Crippen LogP contribution < -0.4 is 10.6 Å². The predicted molar refractivity (Wildman–Crippen MR) is 122 cm³/mol. The highest BCUT2D eigenvalue weighted by Crippen LogP contribution is 2.15. The van der Waals surface area contributed by atoms with Crippen LogP contribution in [0.2, 0.25) is 0 Å². The van der Waals surface area contributed by atoms with E-state index in [1.54, 1.807) is 12.1 Å². The SMILES string of the molecule is CC(C)C(NC(=O)c1ccco1)C(=O)NCc1ccc(Cn2cnc3ccccc32)cc1. The first kappa shape index (κ1) is 21.4. The quantitative estimate of drug-likeness (QED) is 0.446. The summed E-state index contributed by atoms with van der Waals surface area (Å²) in [5, 5.41) is 5.67. The van der Waals surface area contributed by atoms with Crippen LogP contribution >= 0.6 is 0 Å². The number of fused-ring (bicyclic) bond motifs is 1. The summed E-state index contributed by atoms with van der Waals surface area (Å²) in [4.78, 5) is 29.4. The number of aromatic nitrogens is 2. The lowest BCUT2D eigenvalue weighted by atomic mass is 10.0. The first-order chi connectivity index (χ1) is 15.5. The molecule has 0 fully saturated rings. The van der Waals surface area contributed by atoms with Crippen LogP contribution in [0.1, 0.15) is 35.5 Å². The van der Waals surface area contributed by atoms with Gasteiger partial charge in [-0.3, -0.25) is 9.59 Å². The second kappa shape index (κ2) is 9.51. The summed E-state index contributed by atoms with van der Waals surface area (Å²) in [5.41, 5.74) is 4.21. The first-order valence-corrected chi connectivity index (χ1v) is 10.6. The highest BCUT2D eigenvalue weighted by molar-refractivity contribution is 5.95. The predicted octanol–water partition coefficient (Wildman–Crippen LogP) is 3.75. The van der Waals surface area contributed by atoms with E-state index in [0.29, 0.717) is 6.54 Å². The summed E-state index contributed by atoms with van der Waals surface area (Å²) in [7, 11) is 0. The average Bonchev–Trinajstić information content (AvgIpc) is 3.47. The Balaban J connectivity index is 1.34. The molecule has 1 atom stereocenters. The van der Waals surface area contributed by atoms with E-state index in [2.05, 4.69) is 38.4 Å². The third-order valence-corrected chi connectivity index (χ3v) is 5.35. The lowest BCUT2D eigenvalue weighted by Crippen LogP contribution is -2.49. The summed E-state index contributed by atoms with van der Waals surface area (Å²) in [6.07, 6.45) is 3.28. The van der Waals surface area contributed by atoms with Crippen LogP contribution in [-0.4, -0.2) is 27.4 Å². The summed E-state index contributed by atoms with van der Waals surface area (Å²) in [5.74, 6) is -0.514. The van der Waals surface area contributed by atoms with Crippen molar-refractivity contribution < 1.29 is 14.0 Å². The van der Waals surface area contributed by atoms with E-state index in [-0.39, 0.29) is 17.6 Å². The zero-order valence-corrected chi connectivity index (χ0v) is 18.1. The van der Waals surface area contributed by atoms with Gasteiger partial charge in [-0.05, 0) is 41.3 Å². The molecule has 4 aromatic rings. The van der Waals surface area contributed by atoms with Crippen molar-refractivity contribution >= 4 is 22.8 Å². The third-order valence-electron chi connectivity index (χ3n) is 5.35. The van der Waals surface area contributed by atoms with E-state index in [1.165, 1.54) is 6.26 Å². The Morgan fingerprint density at radius 2 is 1.75 bits per heavy atom. The van der Waals surface area contributed by atoms with Gasteiger partial charge in [0.25, 0.3) is 5.91 Å². The van der Waals surface area contributed by atoms with Crippen LogP contribution in [0.3, 0.4) is 0 Å². The Kier molecular flexibility index (Phi) is 6.35. The van der Waals surface area contributed by atoms with Crippen LogP contribution in [0.4, 0.5) is 0 Å².